The van der Waals surface area contributed by atoms with Gasteiger partial charge in [-0.1, -0.05) is 30.1 Å². The summed E-state index contributed by atoms with van der Waals surface area (Å²) >= 11 is 0. The van der Waals surface area contributed by atoms with E-state index < -0.39 is 5.97 Å². The molecule has 0 amide bonds. The summed E-state index contributed by atoms with van der Waals surface area (Å²) in [6.07, 6.45) is 10.8. The van der Waals surface area contributed by atoms with Crippen LogP contribution in [0, 0.1) is 17.8 Å². The quantitative estimate of drug-likeness (QED) is 0.305. The van der Waals surface area contributed by atoms with Crippen molar-refractivity contribution in [3.8, 4) is 0 Å². The molecule has 2 saturated carbocycles. The Labute approximate surface area is 143 Å². The summed E-state index contributed by atoms with van der Waals surface area (Å²) in [7, 11) is 0. The first kappa shape index (κ1) is 18.9. The largest absolute Gasteiger partial charge is 0.481 e. The van der Waals surface area contributed by atoms with Crippen LogP contribution in [0.1, 0.15) is 51.4 Å². The van der Waals surface area contributed by atoms with E-state index in [0.717, 1.165) is 50.7 Å². The fourth-order valence-corrected chi connectivity index (χ4v) is 3.60. The number of aliphatic carboxylic acids is 1. The summed E-state index contributed by atoms with van der Waals surface area (Å²) in [5, 5.41) is 31.7. The molecule has 24 heavy (non-hydrogen) atoms. The van der Waals surface area contributed by atoms with Crippen molar-refractivity contribution in [3.63, 3.8) is 0 Å². The van der Waals surface area contributed by atoms with E-state index in [2.05, 4.69) is 17.3 Å². The van der Waals surface area contributed by atoms with Crippen molar-refractivity contribution in [2.75, 3.05) is 13.2 Å². The third-order valence-electron chi connectivity index (χ3n) is 5.04. The Morgan fingerprint density at radius 2 is 2.08 bits per heavy atom. The molecule has 1 unspecified atom stereocenters. The standard InChI is InChI=1S/C18H29NO5/c20-9-6-4-2-1-3-5-7-13-11-14-15(18(13)23)12-16(14)19-24-10-8-17(21)22/h5,7,13-15,18,20,23H,1-4,6,8-12H2,(H,21,22)/t13-,14-,15+,18?/m0/s1. The normalized spacial score (nSPS) is 30.5. The maximum absolute atomic E-state index is 10.4. The number of aliphatic hydroxyl groups is 2. The number of carboxylic acid groups (broad SMARTS) is 1. The highest BCUT2D eigenvalue weighted by Gasteiger charge is 2.51. The van der Waals surface area contributed by atoms with Gasteiger partial charge in [0.05, 0.1) is 18.2 Å². The summed E-state index contributed by atoms with van der Waals surface area (Å²) in [5.41, 5.74) is 0.962. The molecule has 0 aliphatic heterocycles. The van der Waals surface area contributed by atoms with Crippen molar-refractivity contribution >= 4 is 11.7 Å². The van der Waals surface area contributed by atoms with E-state index in [1.165, 1.54) is 0 Å². The summed E-state index contributed by atoms with van der Waals surface area (Å²) in [4.78, 5) is 15.5. The van der Waals surface area contributed by atoms with Crippen molar-refractivity contribution in [3.05, 3.63) is 12.2 Å². The molecule has 2 aliphatic rings. The van der Waals surface area contributed by atoms with Gasteiger partial charge in [-0.3, -0.25) is 4.79 Å². The average molecular weight is 339 g/mol. The maximum atomic E-state index is 10.4. The van der Waals surface area contributed by atoms with Crippen molar-refractivity contribution in [2.45, 2.75) is 57.5 Å². The molecule has 0 aromatic heterocycles. The lowest BCUT2D eigenvalue weighted by atomic mass is 9.73. The molecule has 2 fully saturated rings. The van der Waals surface area contributed by atoms with Crippen LogP contribution in [0.5, 0.6) is 0 Å². The van der Waals surface area contributed by atoms with Gasteiger partial charge in [0.1, 0.15) is 6.61 Å². The zero-order chi connectivity index (χ0) is 17.4. The maximum Gasteiger partial charge on any atom is 0.306 e. The number of hydrogen-bond acceptors (Lipinski definition) is 5. The molecular weight excluding hydrogens is 310 g/mol. The van der Waals surface area contributed by atoms with Gasteiger partial charge in [-0.2, -0.15) is 0 Å². The number of nitrogens with zero attached hydrogens (tertiary/aromatic N) is 1. The van der Waals surface area contributed by atoms with Crippen molar-refractivity contribution < 1.29 is 25.0 Å². The molecule has 0 heterocycles. The molecule has 0 saturated heterocycles. The lowest BCUT2D eigenvalue weighted by molar-refractivity contribution is -0.138. The number of fused-ring (bicyclic) bond motifs is 1. The van der Waals surface area contributed by atoms with E-state index in [9.17, 15) is 9.90 Å². The zero-order valence-electron chi connectivity index (χ0n) is 14.1. The molecule has 0 aromatic carbocycles. The Morgan fingerprint density at radius 1 is 1.29 bits per heavy atom. The number of carbonyl (C=O) groups is 1. The van der Waals surface area contributed by atoms with Gasteiger partial charge in [-0.15, -0.1) is 0 Å². The summed E-state index contributed by atoms with van der Waals surface area (Å²) in [6, 6.07) is 0. The molecule has 0 radical (unpaired) electrons. The van der Waals surface area contributed by atoms with E-state index in [1.807, 2.05) is 0 Å². The molecule has 6 heteroatoms. The predicted molar refractivity (Wildman–Crippen MR) is 90.7 cm³/mol. The Hall–Kier alpha value is -1.40. The Balaban J connectivity index is 1.67. The van der Waals surface area contributed by atoms with Crippen LogP contribution in [0.2, 0.25) is 0 Å². The van der Waals surface area contributed by atoms with Crippen LogP contribution in [-0.4, -0.2) is 46.3 Å². The first-order chi connectivity index (χ1) is 11.6. The van der Waals surface area contributed by atoms with Crippen molar-refractivity contribution in [1.82, 2.24) is 0 Å². The van der Waals surface area contributed by atoms with E-state index in [1.54, 1.807) is 0 Å². The van der Waals surface area contributed by atoms with E-state index in [4.69, 9.17) is 15.1 Å². The topological polar surface area (TPSA) is 99.4 Å². The highest BCUT2D eigenvalue weighted by atomic mass is 16.6. The smallest absolute Gasteiger partial charge is 0.306 e. The second-order valence-corrected chi connectivity index (χ2v) is 6.78. The summed E-state index contributed by atoms with van der Waals surface area (Å²) in [5.74, 6) is -0.154. The van der Waals surface area contributed by atoms with Crippen LogP contribution in [0.4, 0.5) is 0 Å². The fraction of sp³-hybridized carbons (Fsp3) is 0.778. The zero-order valence-corrected chi connectivity index (χ0v) is 14.1. The summed E-state index contributed by atoms with van der Waals surface area (Å²) in [6.45, 7) is 0.370. The number of hydrogen-bond donors (Lipinski definition) is 3. The molecule has 2 rings (SSSR count). The van der Waals surface area contributed by atoms with Gasteiger partial charge in [0.25, 0.3) is 0 Å². The van der Waals surface area contributed by atoms with Gasteiger partial charge in [0.2, 0.25) is 0 Å². The molecule has 2 aliphatic carbocycles. The van der Waals surface area contributed by atoms with Crippen LogP contribution in [0.25, 0.3) is 0 Å². The predicted octanol–water partition coefficient (Wildman–Crippen LogP) is 2.35. The number of carboxylic acids is 1. The van der Waals surface area contributed by atoms with Gasteiger partial charge in [0.15, 0.2) is 0 Å². The Morgan fingerprint density at radius 3 is 2.83 bits per heavy atom. The van der Waals surface area contributed by atoms with Gasteiger partial charge in [-0.05, 0) is 38.0 Å². The minimum atomic E-state index is -0.889. The molecule has 3 N–H and O–H groups in total. The minimum Gasteiger partial charge on any atom is -0.481 e. The van der Waals surface area contributed by atoms with Crippen molar-refractivity contribution in [2.24, 2.45) is 22.9 Å². The number of unbranched alkanes of at least 4 members (excludes halogenated alkanes) is 4. The molecule has 136 valence electrons. The monoisotopic (exact) mass is 339 g/mol. The van der Waals surface area contributed by atoms with Crippen LogP contribution >= 0.6 is 0 Å². The lowest BCUT2D eigenvalue weighted by Crippen LogP contribution is -2.38. The van der Waals surface area contributed by atoms with Gasteiger partial charge in [-0.25, -0.2) is 0 Å². The number of oxime groups is 1. The van der Waals surface area contributed by atoms with Crippen LogP contribution < -0.4 is 0 Å². The Kier molecular flexibility index (Phi) is 7.72. The first-order valence-corrected chi connectivity index (χ1v) is 8.99. The van der Waals surface area contributed by atoms with Crippen LogP contribution in [0.3, 0.4) is 0 Å². The van der Waals surface area contributed by atoms with E-state index in [0.29, 0.717) is 0 Å². The van der Waals surface area contributed by atoms with Crippen LogP contribution in [0.15, 0.2) is 17.3 Å². The van der Waals surface area contributed by atoms with Crippen LogP contribution in [-0.2, 0) is 9.63 Å². The first-order valence-electron chi connectivity index (χ1n) is 8.99. The third kappa shape index (κ3) is 5.31. The van der Waals surface area contributed by atoms with Gasteiger partial charge < -0.3 is 20.2 Å². The number of rotatable bonds is 11. The lowest BCUT2D eigenvalue weighted by Gasteiger charge is -2.33. The molecule has 4 atom stereocenters. The molecule has 6 nitrogen and oxygen atoms in total. The summed E-state index contributed by atoms with van der Waals surface area (Å²) < 4.78 is 0. The third-order valence-corrected chi connectivity index (χ3v) is 5.04. The van der Waals surface area contributed by atoms with E-state index in [-0.39, 0.29) is 43.5 Å². The molecule has 0 bridgehead atoms. The SMILES string of the molecule is O=C(O)CCON=C1C[C@H]2C(O)[C@@H](C=CCCCCCCO)C[C@H]12. The molecular formula is C18H29NO5. The van der Waals surface area contributed by atoms with Gasteiger partial charge in [0, 0.05) is 18.4 Å². The van der Waals surface area contributed by atoms with Gasteiger partial charge >= 0.3 is 5.97 Å². The Bertz CT molecular complexity index is 462. The highest BCUT2D eigenvalue weighted by molar-refractivity contribution is 5.93. The average Bonchev–Trinajstić information content (AvgIpc) is 2.77. The molecule has 0 aromatic rings. The second-order valence-electron chi connectivity index (χ2n) is 6.78. The second kappa shape index (κ2) is 9.79. The number of allylic oxidation sites excluding steroid dienone is 1. The van der Waals surface area contributed by atoms with Crippen molar-refractivity contribution in [1.29, 1.82) is 0 Å². The highest BCUT2D eigenvalue weighted by Crippen LogP contribution is 2.48. The number of aliphatic hydroxyl groups excluding tert-OH is 2. The van der Waals surface area contributed by atoms with E-state index >= 15 is 0 Å². The fourth-order valence-electron chi connectivity index (χ4n) is 3.60. The minimum absolute atomic E-state index is 0.0445. The molecule has 0 spiro atoms.